The fourth-order valence-electron chi connectivity index (χ4n) is 6.00. The van der Waals surface area contributed by atoms with Crippen LogP contribution in [-0.4, -0.2) is 47.6 Å². The lowest BCUT2D eigenvalue weighted by molar-refractivity contribution is -0.129. The van der Waals surface area contributed by atoms with E-state index in [0.717, 1.165) is 42.8 Å². The van der Waals surface area contributed by atoms with Crippen molar-refractivity contribution < 1.29 is 14.3 Å². The maximum atomic E-state index is 13.8. The van der Waals surface area contributed by atoms with Gasteiger partial charge in [-0.1, -0.05) is 24.8 Å². The Morgan fingerprint density at radius 1 is 1.32 bits per heavy atom. The number of nitrogens with zero attached hydrogens (tertiary/aromatic N) is 2. The Morgan fingerprint density at radius 3 is 2.79 bits per heavy atom. The molecule has 3 aliphatic heterocycles. The fraction of sp³-hybridized carbons (Fsp3) is 0.522. The molecule has 3 fully saturated rings. The minimum Gasteiger partial charge on any atom is -0.443 e. The van der Waals surface area contributed by atoms with Gasteiger partial charge in [0.25, 0.3) is 0 Å². The number of carbonyl (C=O) groups excluding carboxylic acids is 2. The maximum Gasteiger partial charge on any atom is 0.415 e. The van der Waals surface area contributed by atoms with Crippen LogP contribution in [-0.2, 0) is 14.9 Å². The summed E-state index contributed by atoms with van der Waals surface area (Å²) in [6.07, 6.45) is 1.24. The highest BCUT2D eigenvalue weighted by Gasteiger charge is 2.68. The third-order valence-corrected chi connectivity index (χ3v) is 6.94. The van der Waals surface area contributed by atoms with Crippen LogP contribution in [0.25, 0.3) is 0 Å². The number of carbonyl (C=O) groups is 2. The average Bonchev–Trinajstić information content (AvgIpc) is 3.17. The van der Waals surface area contributed by atoms with E-state index >= 15 is 0 Å². The van der Waals surface area contributed by atoms with Crippen molar-refractivity contribution >= 4 is 17.6 Å². The molecule has 0 unspecified atom stereocenters. The van der Waals surface area contributed by atoms with Crippen LogP contribution in [0.1, 0.15) is 39.2 Å². The van der Waals surface area contributed by atoms with Gasteiger partial charge in [-0.25, -0.2) is 4.79 Å². The summed E-state index contributed by atoms with van der Waals surface area (Å²) in [7, 11) is 0. The zero-order valence-electron chi connectivity index (χ0n) is 16.7. The van der Waals surface area contributed by atoms with Gasteiger partial charge in [-0.2, -0.15) is 0 Å². The first-order valence-electron chi connectivity index (χ1n) is 10.1. The van der Waals surface area contributed by atoms with Crippen LogP contribution >= 0.6 is 0 Å². The predicted octanol–water partition coefficient (Wildman–Crippen LogP) is 3.44. The smallest absolute Gasteiger partial charge is 0.415 e. The second-order valence-corrected chi connectivity index (χ2v) is 9.44. The maximum absolute atomic E-state index is 13.8. The van der Waals surface area contributed by atoms with Crippen LogP contribution < -0.4 is 4.90 Å². The van der Waals surface area contributed by atoms with E-state index in [0.29, 0.717) is 0 Å². The molecule has 0 N–H and O–H groups in total. The van der Waals surface area contributed by atoms with Crippen LogP contribution in [0.3, 0.4) is 0 Å². The standard InChI is InChI=1S/C23H26N2O3/c1-5-14-13-24-11-10-23-16-8-6-7-9-17(16)25(21(27)28-22(2,3)4)20(23)19(26)15(14)12-18(23)24/h6-9,15,18,20H,1,10-13H2,2-4H3/t15-,18-,20+,23+/m0/s1. The number of ether oxygens (including phenoxy) is 1. The normalized spacial score (nSPS) is 33.4. The van der Waals surface area contributed by atoms with E-state index in [-0.39, 0.29) is 23.2 Å². The van der Waals surface area contributed by atoms with Crippen molar-refractivity contribution in [3.05, 3.63) is 47.7 Å². The van der Waals surface area contributed by atoms with Crippen molar-refractivity contribution in [3.8, 4) is 0 Å². The summed E-state index contributed by atoms with van der Waals surface area (Å²) >= 11 is 0. The molecule has 2 saturated heterocycles. The highest BCUT2D eigenvalue weighted by Crippen LogP contribution is 2.60. The number of amides is 1. The molecule has 5 nitrogen and oxygen atoms in total. The number of para-hydroxylation sites is 1. The quantitative estimate of drug-likeness (QED) is 0.649. The minimum absolute atomic E-state index is 0.117. The zero-order valence-corrected chi connectivity index (χ0v) is 16.7. The number of hydrogen-bond acceptors (Lipinski definition) is 4. The minimum atomic E-state index is -0.622. The molecule has 0 aromatic heterocycles. The Balaban J connectivity index is 1.70. The summed E-state index contributed by atoms with van der Waals surface area (Å²) in [4.78, 5) is 31.1. The van der Waals surface area contributed by atoms with Crippen LogP contribution in [0.15, 0.2) is 42.1 Å². The molecule has 2 bridgehead atoms. The number of benzene rings is 1. The largest absolute Gasteiger partial charge is 0.443 e. The van der Waals surface area contributed by atoms with E-state index in [9.17, 15) is 9.59 Å². The van der Waals surface area contributed by atoms with Crippen LogP contribution in [0, 0.1) is 5.92 Å². The molecule has 28 heavy (non-hydrogen) atoms. The summed E-state index contributed by atoms with van der Waals surface area (Å²) in [5.74, 6) is -0.0831. The van der Waals surface area contributed by atoms with Gasteiger partial charge in [0.2, 0.25) is 0 Å². The number of Topliss-reactive ketones (excluding diaryl/α,β-unsaturated/α-hetero) is 1. The molecule has 1 amide bonds. The summed E-state index contributed by atoms with van der Waals surface area (Å²) in [6.45, 7) is 11.1. The van der Waals surface area contributed by atoms with Crippen molar-refractivity contribution in [1.29, 1.82) is 0 Å². The van der Waals surface area contributed by atoms with Crippen molar-refractivity contribution in [1.82, 2.24) is 4.90 Å². The highest BCUT2D eigenvalue weighted by molar-refractivity contribution is 6.06. The van der Waals surface area contributed by atoms with Crippen molar-refractivity contribution in [2.75, 3.05) is 18.0 Å². The number of piperidine rings is 1. The molecule has 4 aliphatic rings. The molecule has 146 valence electrons. The van der Waals surface area contributed by atoms with Crippen molar-refractivity contribution in [2.45, 2.75) is 56.7 Å². The molecular formula is C23H26N2O3. The Hall–Kier alpha value is -2.36. The highest BCUT2D eigenvalue weighted by atomic mass is 16.6. The third-order valence-electron chi connectivity index (χ3n) is 6.94. The molecule has 1 aromatic rings. The van der Waals surface area contributed by atoms with E-state index in [1.54, 1.807) is 4.90 Å². The van der Waals surface area contributed by atoms with E-state index < -0.39 is 17.7 Å². The average molecular weight is 378 g/mol. The first-order valence-corrected chi connectivity index (χ1v) is 10.1. The summed E-state index contributed by atoms with van der Waals surface area (Å²) in [5, 5.41) is 0. The Kier molecular flexibility index (Phi) is 3.54. The van der Waals surface area contributed by atoms with E-state index in [2.05, 4.69) is 23.3 Å². The molecule has 4 atom stereocenters. The Bertz CT molecular complexity index is 939. The Morgan fingerprint density at radius 2 is 2.07 bits per heavy atom. The van der Waals surface area contributed by atoms with Crippen LogP contribution in [0.4, 0.5) is 10.5 Å². The number of anilines is 1. The lowest BCUT2D eigenvalue weighted by Crippen LogP contribution is -2.65. The number of rotatable bonds is 0. The molecule has 0 radical (unpaired) electrons. The van der Waals surface area contributed by atoms with Gasteiger partial charge in [0.1, 0.15) is 11.6 Å². The molecule has 5 rings (SSSR count). The van der Waals surface area contributed by atoms with Crippen molar-refractivity contribution in [3.63, 3.8) is 0 Å². The molecule has 3 heterocycles. The van der Waals surface area contributed by atoms with Gasteiger partial charge in [-0.3, -0.25) is 14.6 Å². The topological polar surface area (TPSA) is 49.9 Å². The van der Waals surface area contributed by atoms with E-state index in [1.165, 1.54) is 0 Å². The second kappa shape index (κ2) is 5.59. The summed E-state index contributed by atoms with van der Waals surface area (Å²) < 4.78 is 5.74. The van der Waals surface area contributed by atoms with Gasteiger partial charge in [-0.05, 0) is 57.4 Å². The lowest BCUT2D eigenvalue weighted by atomic mass is 9.59. The summed E-state index contributed by atoms with van der Waals surface area (Å²) in [6, 6.07) is 7.74. The van der Waals surface area contributed by atoms with Gasteiger partial charge in [0.15, 0.2) is 5.78 Å². The second-order valence-electron chi connectivity index (χ2n) is 9.44. The van der Waals surface area contributed by atoms with Crippen LogP contribution in [0.2, 0.25) is 0 Å². The molecule has 5 heteroatoms. The van der Waals surface area contributed by atoms with Crippen molar-refractivity contribution in [2.24, 2.45) is 5.92 Å². The fourth-order valence-corrected chi connectivity index (χ4v) is 6.00. The monoisotopic (exact) mass is 378 g/mol. The first kappa shape index (κ1) is 17.7. The predicted molar refractivity (Wildman–Crippen MR) is 106 cm³/mol. The van der Waals surface area contributed by atoms with Gasteiger partial charge >= 0.3 is 6.09 Å². The number of ketones is 1. The molecule has 1 aromatic carbocycles. The number of hydrogen-bond donors (Lipinski definition) is 0. The summed E-state index contributed by atoms with van der Waals surface area (Å²) in [5.41, 5.74) is 4.98. The Labute approximate surface area is 165 Å². The lowest BCUT2D eigenvalue weighted by Gasteiger charge is -2.50. The van der Waals surface area contributed by atoms with E-state index in [4.69, 9.17) is 4.74 Å². The molecule has 1 spiro atoms. The van der Waals surface area contributed by atoms with Crippen LogP contribution in [0.5, 0.6) is 0 Å². The third kappa shape index (κ3) is 2.12. The SMILES string of the molecule is C=C=C1CN2CC[C@]34c5ccccc5N(C(=O)OC(C)(C)C)[C@@H]3C(=O)[C@H]1C[C@H]24. The van der Waals surface area contributed by atoms with E-state index in [1.807, 2.05) is 39.0 Å². The van der Waals surface area contributed by atoms with Gasteiger partial charge < -0.3 is 4.74 Å². The molecule has 1 aliphatic carbocycles. The number of fused-ring (bicyclic) bond motifs is 2. The zero-order chi connectivity index (χ0) is 19.8. The first-order chi connectivity index (χ1) is 13.3. The molecular weight excluding hydrogens is 352 g/mol. The van der Waals surface area contributed by atoms with Gasteiger partial charge in [0.05, 0.1) is 11.6 Å². The van der Waals surface area contributed by atoms with Gasteiger partial charge in [-0.15, -0.1) is 5.73 Å². The molecule has 1 saturated carbocycles. The van der Waals surface area contributed by atoms with Gasteiger partial charge in [0, 0.05) is 18.0 Å².